The molecule has 2 amide bonds. The Morgan fingerprint density at radius 2 is 2.00 bits per heavy atom. The van der Waals surface area contributed by atoms with Crippen molar-refractivity contribution >= 4 is 29.3 Å². The van der Waals surface area contributed by atoms with Crippen molar-refractivity contribution in [2.75, 3.05) is 16.8 Å². The van der Waals surface area contributed by atoms with Crippen molar-refractivity contribution in [3.8, 4) is 12.3 Å². The maximum Gasteiger partial charge on any atom is 0.248 e. The van der Waals surface area contributed by atoms with E-state index >= 15 is 0 Å². The van der Waals surface area contributed by atoms with Gasteiger partial charge in [0.15, 0.2) is 0 Å². The number of rotatable bonds is 4. The van der Waals surface area contributed by atoms with Crippen LogP contribution in [0, 0.1) is 12.3 Å². The van der Waals surface area contributed by atoms with E-state index in [2.05, 4.69) is 11.2 Å². The van der Waals surface area contributed by atoms with Crippen LogP contribution in [-0.2, 0) is 9.59 Å². The molecule has 1 saturated heterocycles. The molecule has 0 atom stereocenters. The Morgan fingerprint density at radius 3 is 2.68 bits per heavy atom. The SMILES string of the molecule is C#Cc1cccc(NC(=O)/C=C\c2ccc(N3CCCC3=O)cc2)c1. The summed E-state index contributed by atoms with van der Waals surface area (Å²) in [6, 6.07) is 14.7. The van der Waals surface area contributed by atoms with E-state index in [0.29, 0.717) is 17.7 Å². The summed E-state index contributed by atoms with van der Waals surface area (Å²) in [7, 11) is 0. The molecule has 4 nitrogen and oxygen atoms in total. The first kappa shape index (κ1) is 16.5. The number of nitrogens with one attached hydrogen (secondary N) is 1. The van der Waals surface area contributed by atoms with Crippen LogP contribution in [-0.4, -0.2) is 18.4 Å². The van der Waals surface area contributed by atoms with E-state index in [9.17, 15) is 9.59 Å². The lowest BCUT2D eigenvalue weighted by Gasteiger charge is -2.15. The zero-order chi connectivity index (χ0) is 17.6. The summed E-state index contributed by atoms with van der Waals surface area (Å²) < 4.78 is 0. The molecule has 0 saturated carbocycles. The summed E-state index contributed by atoms with van der Waals surface area (Å²) in [6.45, 7) is 0.771. The van der Waals surface area contributed by atoms with Crippen molar-refractivity contribution in [3.05, 3.63) is 65.7 Å². The Balaban J connectivity index is 1.62. The Kier molecular flexibility index (Phi) is 4.96. The molecule has 4 heteroatoms. The first-order chi connectivity index (χ1) is 12.2. The van der Waals surface area contributed by atoms with Crippen LogP contribution in [0.3, 0.4) is 0 Å². The first-order valence-corrected chi connectivity index (χ1v) is 8.12. The van der Waals surface area contributed by atoms with E-state index in [0.717, 1.165) is 24.2 Å². The zero-order valence-electron chi connectivity index (χ0n) is 13.7. The second-order valence-electron chi connectivity index (χ2n) is 5.79. The Bertz CT molecular complexity index is 860. The molecule has 1 heterocycles. The van der Waals surface area contributed by atoms with Crippen LogP contribution in [0.15, 0.2) is 54.6 Å². The molecule has 0 bridgehead atoms. The minimum atomic E-state index is -0.229. The lowest BCUT2D eigenvalue weighted by Crippen LogP contribution is -2.23. The van der Waals surface area contributed by atoms with Gasteiger partial charge in [-0.1, -0.05) is 24.1 Å². The standard InChI is InChI=1S/C21H18N2O2/c1-2-16-5-3-6-18(15-16)22-20(24)13-10-17-8-11-19(12-9-17)23-14-4-7-21(23)25/h1,3,5-6,8-13,15H,4,7,14H2,(H,22,24)/b13-10-. The number of hydrogen-bond acceptors (Lipinski definition) is 2. The first-order valence-electron chi connectivity index (χ1n) is 8.12. The molecule has 2 aromatic rings. The highest BCUT2D eigenvalue weighted by atomic mass is 16.2. The van der Waals surface area contributed by atoms with Crippen molar-refractivity contribution in [2.24, 2.45) is 0 Å². The summed E-state index contributed by atoms with van der Waals surface area (Å²) in [4.78, 5) is 25.5. The van der Waals surface area contributed by atoms with Crippen molar-refractivity contribution in [1.82, 2.24) is 0 Å². The molecule has 0 spiro atoms. The van der Waals surface area contributed by atoms with Gasteiger partial charge >= 0.3 is 0 Å². The topological polar surface area (TPSA) is 49.4 Å². The number of nitrogens with zero attached hydrogens (tertiary/aromatic N) is 1. The highest BCUT2D eigenvalue weighted by Gasteiger charge is 2.21. The molecule has 1 aliphatic rings. The number of anilines is 2. The average molecular weight is 330 g/mol. The van der Waals surface area contributed by atoms with Gasteiger partial charge in [0.2, 0.25) is 11.8 Å². The average Bonchev–Trinajstić information content (AvgIpc) is 3.06. The molecule has 1 N–H and O–H groups in total. The number of carbonyl (C=O) groups excluding carboxylic acids is 2. The Morgan fingerprint density at radius 1 is 1.20 bits per heavy atom. The molecule has 2 aromatic carbocycles. The van der Waals surface area contributed by atoms with E-state index in [1.807, 2.05) is 24.3 Å². The van der Waals surface area contributed by atoms with Crippen molar-refractivity contribution in [3.63, 3.8) is 0 Å². The smallest absolute Gasteiger partial charge is 0.248 e. The summed E-state index contributed by atoms with van der Waals surface area (Å²) in [6.07, 6.45) is 10.1. The highest BCUT2D eigenvalue weighted by Crippen LogP contribution is 2.22. The van der Waals surface area contributed by atoms with Gasteiger partial charge in [-0.25, -0.2) is 0 Å². The van der Waals surface area contributed by atoms with Gasteiger partial charge < -0.3 is 10.2 Å². The van der Waals surface area contributed by atoms with Gasteiger partial charge in [0.1, 0.15) is 0 Å². The number of terminal acetylenes is 1. The maximum atomic E-state index is 12.0. The fourth-order valence-corrected chi connectivity index (χ4v) is 2.73. The monoisotopic (exact) mass is 330 g/mol. The van der Waals surface area contributed by atoms with Crippen LogP contribution in [0.2, 0.25) is 0 Å². The molecule has 0 unspecified atom stereocenters. The van der Waals surface area contributed by atoms with Gasteiger partial charge in [0.05, 0.1) is 0 Å². The Labute approximate surface area is 147 Å². The number of carbonyl (C=O) groups is 2. The highest BCUT2D eigenvalue weighted by molar-refractivity contribution is 6.02. The van der Waals surface area contributed by atoms with E-state index < -0.39 is 0 Å². The summed E-state index contributed by atoms with van der Waals surface area (Å²) in [5, 5.41) is 2.77. The largest absolute Gasteiger partial charge is 0.322 e. The molecule has 1 fully saturated rings. The van der Waals surface area contributed by atoms with E-state index in [1.165, 1.54) is 6.08 Å². The van der Waals surface area contributed by atoms with Gasteiger partial charge in [0, 0.05) is 36.0 Å². The third kappa shape index (κ3) is 4.15. The molecule has 124 valence electrons. The second-order valence-corrected chi connectivity index (χ2v) is 5.79. The maximum absolute atomic E-state index is 12.0. The van der Waals surface area contributed by atoms with E-state index in [1.54, 1.807) is 35.2 Å². The molecule has 0 aromatic heterocycles. The third-order valence-electron chi connectivity index (χ3n) is 4.00. The van der Waals surface area contributed by atoms with Crippen LogP contribution in [0.4, 0.5) is 11.4 Å². The third-order valence-corrected chi connectivity index (χ3v) is 4.00. The predicted octanol–water partition coefficient (Wildman–Crippen LogP) is 3.45. The molecule has 3 rings (SSSR count). The number of benzene rings is 2. The van der Waals surface area contributed by atoms with Crippen molar-refractivity contribution < 1.29 is 9.59 Å². The second kappa shape index (κ2) is 7.50. The van der Waals surface area contributed by atoms with Crippen LogP contribution < -0.4 is 10.2 Å². The number of amides is 2. The van der Waals surface area contributed by atoms with Gasteiger partial charge in [-0.3, -0.25) is 9.59 Å². The van der Waals surface area contributed by atoms with Gasteiger partial charge in [-0.15, -0.1) is 6.42 Å². The van der Waals surface area contributed by atoms with Crippen LogP contribution >= 0.6 is 0 Å². The molecular formula is C21H18N2O2. The fourth-order valence-electron chi connectivity index (χ4n) is 2.73. The van der Waals surface area contributed by atoms with Gasteiger partial charge in [-0.2, -0.15) is 0 Å². The Hall–Kier alpha value is -3.32. The summed E-state index contributed by atoms with van der Waals surface area (Å²) in [5.41, 5.74) is 3.17. The minimum Gasteiger partial charge on any atom is -0.322 e. The lowest BCUT2D eigenvalue weighted by atomic mass is 10.1. The molecule has 25 heavy (non-hydrogen) atoms. The summed E-state index contributed by atoms with van der Waals surface area (Å²) >= 11 is 0. The van der Waals surface area contributed by atoms with E-state index in [-0.39, 0.29) is 11.8 Å². The molecular weight excluding hydrogens is 312 g/mol. The minimum absolute atomic E-state index is 0.164. The molecule has 0 radical (unpaired) electrons. The van der Waals surface area contributed by atoms with Crippen molar-refractivity contribution in [1.29, 1.82) is 0 Å². The zero-order valence-corrected chi connectivity index (χ0v) is 13.7. The van der Waals surface area contributed by atoms with Gasteiger partial charge in [0.25, 0.3) is 0 Å². The normalized spacial score (nSPS) is 13.9. The number of hydrogen-bond donors (Lipinski definition) is 1. The lowest BCUT2D eigenvalue weighted by molar-refractivity contribution is -0.117. The van der Waals surface area contributed by atoms with Crippen LogP contribution in [0.5, 0.6) is 0 Å². The van der Waals surface area contributed by atoms with E-state index in [4.69, 9.17) is 6.42 Å². The summed E-state index contributed by atoms with van der Waals surface area (Å²) in [5.74, 6) is 2.47. The molecule has 1 aliphatic heterocycles. The molecule has 0 aliphatic carbocycles. The van der Waals surface area contributed by atoms with Crippen LogP contribution in [0.1, 0.15) is 24.0 Å². The van der Waals surface area contributed by atoms with Crippen molar-refractivity contribution in [2.45, 2.75) is 12.8 Å². The fraction of sp³-hybridized carbons (Fsp3) is 0.143. The van der Waals surface area contributed by atoms with Gasteiger partial charge in [-0.05, 0) is 48.4 Å². The quantitative estimate of drug-likeness (QED) is 0.689. The predicted molar refractivity (Wildman–Crippen MR) is 100 cm³/mol. The van der Waals surface area contributed by atoms with Crippen LogP contribution in [0.25, 0.3) is 6.08 Å².